The Morgan fingerprint density at radius 1 is 1.20 bits per heavy atom. The SMILES string of the molecule is Cc1cc(C(=O)O)c(C)n1-c1ccccc1C(F)(F)F. The maximum absolute atomic E-state index is 13.0. The highest BCUT2D eigenvalue weighted by atomic mass is 19.4. The number of hydrogen-bond donors (Lipinski definition) is 1. The van der Waals surface area contributed by atoms with E-state index in [1.54, 1.807) is 6.92 Å². The molecule has 2 aromatic rings. The van der Waals surface area contributed by atoms with Gasteiger partial charge in [0, 0.05) is 11.4 Å². The standard InChI is InChI=1S/C14H12F3NO2/c1-8-7-10(13(19)20)9(2)18(8)12-6-4-3-5-11(12)14(15,16)17/h3-7H,1-2H3,(H,19,20). The van der Waals surface area contributed by atoms with Crippen LogP contribution >= 0.6 is 0 Å². The van der Waals surface area contributed by atoms with Crippen LogP contribution < -0.4 is 0 Å². The molecule has 2 rings (SSSR count). The molecule has 3 nitrogen and oxygen atoms in total. The summed E-state index contributed by atoms with van der Waals surface area (Å²) < 4.78 is 40.4. The largest absolute Gasteiger partial charge is 0.478 e. The Balaban J connectivity index is 2.73. The molecule has 0 fully saturated rings. The summed E-state index contributed by atoms with van der Waals surface area (Å²) in [6.45, 7) is 3.07. The molecule has 0 saturated heterocycles. The molecule has 0 amide bonds. The number of rotatable bonds is 2. The summed E-state index contributed by atoms with van der Waals surface area (Å²) in [6.07, 6.45) is -4.50. The van der Waals surface area contributed by atoms with E-state index in [4.69, 9.17) is 5.11 Å². The minimum absolute atomic E-state index is 0.000484. The van der Waals surface area contributed by atoms with Gasteiger partial charge in [0.15, 0.2) is 0 Å². The number of hydrogen-bond acceptors (Lipinski definition) is 1. The van der Waals surface area contributed by atoms with Gasteiger partial charge in [-0.3, -0.25) is 0 Å². The molecule has 1 aromatic carbocycles. The minimum Gasteiger partial charge on any atom is -0.478 e. The average molecular weight is 283 g/mol. The summed E-state index contributed by atoms with van der Waals surface area (Å²) in [5.74, 6) is -1.16. The Bertz CT molecular complexity index is 672. The number of para-hydroxylation sites is 1. The molecule has 20 heavy (non-hydrogen) atoms. The van der Waals surface area contributed by atoms with Crippen molar-refractivity contribution in [1.82, 2.24) is 4.57 Å². The molecule has 106 valence electrons. The lowest BCUT2D eigenvalue weighted by Gasteiger charge is -2.16. The Labute approximate surface area is 113 Å². The van der Waals surface area contributed by atoms with E-state index < -0.39 is 17.7 Å². The first kappa shape index (κ1) is 14.2. The van der Waals surface area contributed by atoms with Crippen molar-refractivity contribution in [2.75, 3.05) is 0 Å². The van der Waals surface area contributed by atoms with Crippen LogP contribution in [0.3, 0.4) is 0 Å². The van der Waals surface area contributed by atoms with Crippen molar-refractivity contribution in [1.29, 1.82) is 0 Å². The van der Waals surface area contributed by atoms with Gasteiger partial charge in [-0.1, -0.05) is 12.1 Å². The van der Waals surface area contributed by atoms with E-state index in [2.05, 4.69) is 0 Å². The summed E-state index contributed by atoms with van der Waals surface area (Å²) in [6, 6.07) is 6.47. The fourth-order valence-corrected chi connectivity index (χ4v) is 2.26. The van der Waals surface area contributed by atoms with Crippen molar-refractivity contribution < 1.29 is 23.1 Å². The molecule has 1 heterocycles. The van der Waals surface area contributed by atoms with E-state index in [0.29, 0.717) is 5.69 Å². The highest BCUT2D eigenvalue weighted by Crippen LogP contribution is 2.35. The molecule has 0 spiro atoms. The van der Waals surface area contributed by atoms with Gasteiger partial charge in [0.25, 0.3) is 0 Å². The first-order valence-electron chi connectivity index (χ1n) is 5.82. The zero-order chi connectivity index (χ0) is 15.1. The summed E-state index contributed by atoms with van der Waals surface area (Å²) in [5.41, 5.74) is -0.149. The number of carboxylic acid groups (broad SMARTS) is 1. The van der Waals surface area contributed by atoms with Crippen LogP contribution in [0.4, 0.5) is 13.2 Å². The van der Waals surface area contributed by atoms with Crippen molar-refractivity contribution >= 4 is 5.97 Å². The van der Waals surface area contributed by atoms with Crippen LogP contribution in [0.1, 0.15) is 27.3 Å². The third-order valence-electron chi connectivity index (χ3n) is 3.11. The van der Waals surface area contributed by atoms with Crippen molar-refractivity contribution in [3.05, 3.63) is 52.8 Å². The van der Waals surface area contributed by atoms with E-state index in [1.165, 1.54) is 35.8 Å². The van der Waals surface area contributed by atoms with Gasteiger partial charge in [0.1, 0.15) is 0 Å². The van der Waals surface area contributed by atoms with Gasteiger partial charge in [0.05, 0.1) is 16.8 Å². The van der Waals surface area contributed by atoms with Crippen LogP contribution in [-0.4, -0.2) is 15.6 Å². The predicted molar refractivity (Wildman–Crippen MR) is 67.2 cm³/mol. The molecule has 1 aromatic heterocycles. The number of benzene rings is 1. The number of carboxylic acids is 1. The molecule has 0 radical (unpaired) electrons. The normalized spacial score (nSPS) is 11.7. The molecule has 0 saturated carbocycles. The zero-order valence-corrected chi connectivity index (χ0v) is 10.8. The van der Waals surface area contributed by atoms with Crippen molar-refractivity contribution in [2.45, 2.75) is 20.0 Å². The third-order valence-corrected chi connectivity index (χ3v) is 3.11. The maximum atomic E-state index is 13.0. The topological polar surface area (TPSA) is 42.2 Å². The monoisotopic (exact) mass is 283 g/mol. The molecule has 0 aliphatic rings. The van der Waals surface area contributed by atoms with Crippen LogP contribution in [0.25, 0.3) is 5.69 Å². The van der Waals surface area contributed by atoms with Crippen LogP contribution in [-0.2, 0) is 6.18 Å². The summed E-state index contributed by atoms with van der Waals surface area (Å²) in [4.78, 5) is 11.1. The Morgan fingerprint density at radius 3 is 2.30 bits per heavy atom. The van der Waals surface area contributed by atoms with Gasteiger partial charge < -0.3 is 9.67 Å². The molecule has 0 aliphatic carbocycles. The molecule has 1 N–H and O–H groups in total. The number of alkyl halides is 3. The molecule has 0 bridgehead atoms. The summed E-state index contributed by atoms with van der Waals surface area (Å²) >= 11 is 0. The maximum Gasteiger partial charge on any atom is 0.418 e. The summed E-state index contributed by atoms with van der Waals surface area (Å²) in [5, 5.41) is 9.04. The zero-order valence-electron chi connectivity index (χ0n) is 10.8. The quantitative estimate of drug-likeness (QED) is 0.910. The second-order valence-electron chi connectivity index (χ2n) is 4.44. The van der Waals surface area contributed by atoms with Crippen LogP contribution in [0, 0.1) is 13.8 Å². The summed E-state index contributed by atoms with van der Waals surface area (Å²) in [7, 11) is 0. The van der Waals surface area contributed by atoms with Crippen molar-refractivity contribution in [3.8, 4) is 5.69 Å². The van der Waals surface area contributed by atoms with Crippen LogP contribution in [0.5, 0.6) is 0 Å². The second kappa shape index (κ2) is 4.70. The molecule has 6 heteroatoms. The smallest absolute Gasteiger partial charge is 0.418 e. The number of carbonyl (C=O) groups is 1. The first-order valence-corrected chi connectivity index (χ1v) is 5.82. The molecular formula is C14H12F3NO2. The lowest BCUT2D eigenvalue weighted by atomic mass is 10.1. The van der Waals surface area contributed by atoms with E-state index >= 15 is 0 Å². The highest BCUT2D eigenvalue weighted by molar-refractivity contribution is 5.89. The Kier molecular flexibility index (Phi) is 3.33. The van der Waals surface area contributed by atoms with Crippen molar-refractivity contribution in [3.63, 3.8) is 0 Å². The van der Waals surface area contributed by atoms with Crippen LogP contribution in [0.15, 0.2) is 30.3 Å². The molecular weight excluding hydrogens is 271 g/mol. The fourth-order valence-electron chi connectivity index (χ4n) is 2.26. The van der Waals surface area contributed by atoms with Crippen LogP contribution in [0.2, 0.25) is 0 Å². The Hall–Kier alpha value is -2.24. The third kappa shape index (κ3) is 2.29. The first-order chi connectivity index (χ1) is 9.23. The lowest BCUT2D eigenvalue weighted by Crippen LogP contribution is -2.12. The number of aromatic carboxylic acids is 1. The van der Waals surface area contributed by atoms with Crippen molar-refractivity contribution in [2.24, 2.45) is 0 Å². The lowest BCUT2D eigenvalue weighted by molar-refractivity contribution is -0.137. The van der Waals surface area contributed by atoms with Gasteiger partial charge >= 0.3 is 12.1 Å². The second-order valence-corrected chi connectivity index (χ2v) is 4.44. The van der Waals surface area contributed by atoms with Gasteiger partial charge in [0.2, 0.25) is 0 Å². The van der Waals surface area contributed by atoms with E-state index in [-0.39, 0.29) is 16.9 Å². The number of nitrogens with zero attached hydrogens (tertiary/aromatic N) is 1. The number of aromatic nitrogens is 1. The van der Waals surface area contributed by atoms with Gasteiger partial charge in [-0.2, -0.15) is 13.2 Å². The molecule has 0 aliphatic heterocycles. The number of aryl methyl sites for hydroxylation is 1. The van der Waals surface area contributed by atoms with Gasteiger partial charge in [-0.05, 0) is 32.0 Å². The van der Waals surface area contributed by atoms with E-state index in [9.17, 15) is 18.0 Å². The predicted octanol–water partition coefficient (Wildman–Crippen LogP) is 3.81. The molecule has 0 atom stereocenters. The Morgan fingerprint density at radius 2 is 1.80 bits per heavy atom. The fraction of sp³-hybridized carbons (Fsp3) is 0.214. The molecule has 0 unspecified atom stereocenters. The average Bonchev–Trinajstić information content (AvgIpc) is 2.64. The van der Waals surface area contributed by atoms with E-state index in [0.717, 1.165) is 6.07 Å². The minimum atomic E-state index is -4.50. The van der Waals surface area contributed by atoms with Gasteiger partial charge in [-0.25, -0.2) is 4.79 Å². The highest BCUT2D eigenvalue weighted by Gasteiger charge is 2.34. The van der Waals surface area contributed by atoms with E-state index in [1.807, 2.05) is 0 Å². The number of halogens is 3. The van der Waals surface area contributed by atoms with Gasteiger partial charge in [-0.15, -0.1) is 0 Å².